The summed E-state index contributed by atoms with van der Waals surface area (Å²) in [7, 11) is 0. The fraction of sp³-hybridized carbons (Fsp3) is 0.522. The van der Waals surface area contributed by atoms with Gasteiger partial charge in [0.05, 0.1) is 5.56 Å². The lowest BCUT2D eigenvalue weighted by atomic mass is 10.2. The largest absolute Gasteiger partial charge is 0.485 e. The van der Waals surface area contributed by atoms with Crippen molar-refractivity contribution in [3.05, 3.63) is 46.2 Å². The van der Waals surface area contributed by atoms with E-state index in [1.165, 1.54) is 11.3 Å². The predicted octanol–water partition coefficient (Wildman–Crippen LogP) is 2.69. The molecule has 1 aromatic heterocycles. The molecule has 1 aliphatic rings. The number of nitrogens with two attached hydrogens (primary N) is 1. The fourth-order valence-electron chi connectivity index (χ4n) is 3.29. The van der Waals surface area contributed by atoms with E-state index in [0.29, 0.717) is 18.7 Å². The van der Waals surface area contributed by atoms with Crippen molar-refractivity contribution in [2.24, 2.45) is 5.73 Å². The third-order valence-corrected chi connectivity index (χ3v) is 6.06. The number of rotatable bonds is 14. The van der Waals surface area contributed by atoms with Crippen LogP contribution in [0.2, 0.25) is 0 Å². The van der Waals surface area contributed by atoms with Gasteiger partial charge in [0, 0.05) is 16.8 Å². The highest BCUT2D eigenvalue weighted by Crippen LogP contribution is 2.37. The standard InChI is InChI=1S/C23H34N4O3S/c24-9-5-12-25-10-3-4-11-26-13-6-14-27-23(28)18-15-22(31-17-18)21-16-29-19-7-1-2-8-20(19)30-21/h1-2,7-8,15,17,21,25-26H,3-6,9-14,16,24H2,(H,27,28). The first kappa shape index (κ1) is 23.5. The van der Waals surface area contributed by atoms with Gasteiger partial charge in [0.25, 0.3) is 5.91 Å². The molecule has 1 aliphatic heterocycles. The summed E-state index contributed by atoms with van der Waals surface area (Å²) in [5.74, 6) is 1.47. The van der Waals surface area contributed by atoms with E-state index < -0.39 is 0 Å². The number of hydrogen-bond acceptors (Lipinski definition) is 7. The number of hydrogen-bond donors (Lipinski definition) is 4. The summed E-state index contributed by atoms with van der Waals surface area (Å²) in [5, 5.41) is 11.7. The molecular formula is C23H34N4O3S. The summed E-state index contributed by atoms with van der Waals surface area (Å²) in [5.41, 5.74) is 6.14. The molecule has 0 saturated heterocycles. The summed E-state index contributed by atoms with van der Waals surface area (Å²) in [6.07, 6.45) is 4.08. The first-order valence-electron chi connectivity index (χ1n) is 11.1. The maximum absolute atomic E-state index is 12.4. The van der Waals surface area contributed by atoms with Crippen LogP contribution < -0.4 is 31.2 Å². The third kappa shape index (κ3) is 7.81. The van der Waals surface area contributed by atoms with Gasteiger partial charge in [0.15, 0.2) is 17.6 Å². The van der Waals surface area contributed by atoms with Gasteiger partial charge in [-0.05, 0) is 76.6 Å². The average Bonchev–Trinajstić information content (AvgIpc) is 3.30. The number of unbranched alkanes of at least 4 members (excludes halogenated alkanes) is 1. The fourth-order valence-corrected chi connectivity index (χ4v) is 4.20. The number of carbonyl (C=O) groups is 1. The Hall–Kier alpha value is -2.13. The minimum absolute atomic E-state index is 0.0387. The Labute approximate surface area is 188 Å². The van der Waals surface area contributed by atoms with Crippen molar-refractivity contribution in [3.8, 4) is 11.5 Å². The van der Waals surface area contributed by atoms with Gasteiger partial charge >= 0.3 is 0 Å². The molecule has 1 atom stereocenters. The third-order valence-electron chi connectivity index (χ3n) is 5.04. The molecule has 0 radical (unpaired) electrons. The molecule has 0 saturated carbocycles. The Morgan fingerprint density at radius 1 is 1.00 bits per heavy atom. The Balaban J connectivity index is 1.26. The summed E-state index contributed by atoms with van der Waals surface area (Å²) in [6.45, 7) is 5.82. The average molecular weight is 447 g/mol. The molecule has 2 heterocycles. The highest BCUT2D eigenvalue weighted by molar-refractivity contribution is 7.10. The molecule has 1 aromatic carbocycles. The number of benzene rings is 1. The molecule has 8 heteroatoms. The zero-order chi connectivity index (χ0) is 21.7. The predicted molar refractivity (Wildman–Crippen MR) is 125 cm³/mol. The lowest BCUT2D eigenvalue weighted by molar-refractivity contribution is 0.0930. The minimum Gasteiger partial charge on any atom is -0.485 e. The lowest BCUT2D eigenvalue weighted by Crippen LogP contribution is -2.27. The highest BCUT2D eigenvalue weighted by Gasteiger charge is 2.24. The second-order valence-electron chi connectivity index (χ2n) is 7.56. The maximum Gasteiger partial charge on any atom is 0.252 e. The van der Waals surface area contributed by atoms with E-state index in [2.05, 4.69) is 16.0 Å². The van der Waals surface area contributed by atoms with Crippen LogP contribution in [0.15, 0.2) is 35.7 Å². The van der Waals surface area contributed by atoms with Gasteiger partial charge in [-0.1, -0.05) is 12.1 Å². The van der Waals surface area contributed by atoms with Gasteiger partial charge in [-0.3, -0.25) is 4.79 Å². The number of amides is 1. The molecule has 5 N–H and O–H groups in total. The molecule has 0 fully saturated rings. The van der Waals surface area contributed by atoms with Crippen LogP contribution in [0.1, 0.15) is 47.0 Å². The zero-order valence-corrected chi connectivity index (χ0v) is 18.8. The monoisotopic (exact) mass is 446 g/mol. The molecule has 0 spiro atoms. The van der Waals surface area contributed by atoms with Crippen molar-refractivity contribution in [1.82, 2.24) is 16.0 Å². The van der Waals surface area contributed by atoms with Crippen LogP contribution in [0.4, 0.5) is 0 Å². The van der Waals surface area contributed by atoms with Crippen molar-refractivity contribution < 1.29 is 14.3 Å². The first-order chi connectivity index (χ1) is 15.3. The molecule has 1 unspecified atom stereocenters. The summed E-state index contributed by atoms with van der Waals surface area (Å²) in [6, 6.07) is 9.55. The Bertz CT molecular complexity index is 799. The quantitative estimate of drug-likeness (QED) is 0.333. The molecule has 3 rings (SSSR count). The van der Waals surface area contributed by atoms with E-state index in [0.717, 1.165) is 74.8 Å². The Kier molecular flexibility index (Phi) is 10.1. The number of ether oxygens (including phenoxy) is 2. The van der Waals surface area contributed by atoms with E-state index in [4.69, 9.17) is 15.2 Å². The van der Waals surface area contributed by atoms with Gasteiger partial charge in [-0.15, -0.1) is 11.3 Å². The zero-order valence-electron chi connectivity index (χ0n) is 18.0. The molecule has 170 valence electrons. The van der Waals surface area contributed by atoms with Crippen molar-refractivity contribution >= 4 is 17.2 Å². The van der Waals surface area contributed by atoms with Crippen molar-refractivity contribution in [1.29, 1.82) is 0 Å². The van der Waals surface area contributed by atoms with Crippen LogP contribution in [0.3, 0.4) is 0 Å². The van der Waals surface area contributed by atoms with Crippen LogP contribution in [0.25, 0.3) is 0 Å². The van der Waals surface area contributed by atoms with E-state index >= 15 is 0 Å². The SMILES string of the molecule is NCCCNCCCCNCCCNC(=O)c1csc(C2COc3ccccc3O2)c1. The molecule has 7 nitrogen and oxygen atoms in total. The van der Waals surface area contributed by atoms with Gasteiger partial charge in [0.2, 0.25) is 0 Å². The molecular weight excluding hydrogens is 412 g/mol. The van der Waals surface area contributed by atoms with Gasteiger partial charge in [-0.25, -0.2) is 0 Å². The number of nitrogens with one attached hydrogen (secondary N) is 3. The van der Waals surface area contributed by atoms with Crippen molar-refractivity contribution in [3.63, 3.8) is 0 Å². The van der Waals surface area contributed by atoms with E-state index in [-0.39, 0.29) is 12.0 Å². The normalized spacial score (nSPS) is 15.1. The second kappa shape index (κ2) is 13.3. The molecule has 0 aliphatic carbocycles. The number of fused-ring (bicyclic) bond motifs is 1. The number of thiophene rings is 1. The van der Waals surface area contributed by atoms with Gasteiger partial charge in [-0.2, -0.15) is 0 Å². The lowest BCUT2D eigenvalue weighted by Gasteiger charge is -2.25. The van der Waals surface area contributed by atoms with Crippen LogP contribution in [0, 0.1) is 0 Å². The van der Waals surface area contributed by atoms with E-state index in [1.54, 1.807) is 0 Å². The van der Waals surface area contributed by atoms with E-state index in [9.17, 15) is 4.79 Å². The summed E-state index contributed by atoms with van der Waals surface area (Å²) < 4.78 is 11.8. The summed E-state index contributed by atoms with van der Waals surface area (Å²) in [4.78, 5) is 13.4. The minimum atomic E-state index is -0.179. The van der Waals surface area contributed by atoms with Crippen LogP contribution in [0.5, 0.6) is 11.5 Å². The molecule has 0 bridgehead atoms. The second-order valence-corrected chi connectivity index (χ2v) is 8.50. The van der Waals surface area contributed by atoms with E-state index in [1.807, 2.05) is 35.7 Å². The molecule has 1 amide bonds. The summed E-state index contributed by atoms with van der Waals surface area (Å²) >= 11 is 1.53. The van der Waals surface area contributed by atoms with Crippen LogP contribution >= 0.6 is 11.3 Å². The number of para-hydroxylation sites is 2. The highest BCUT2D eigenvalue weighted by atomic mass is 32.1. The van der Waals surface area contributed by atoms with Crippen LogP contribution in [-0.2, 0) is 0 Å². The molecule has 2 aromatic rings. The topological polar surface area (TPSA) is 97.6 Å². The maximum atomic E-state index is 12.4. The Morgan fingerprint density at radius 2 is 1.71 bits per heavy atom. The van der Waals surface area contributed by atoms with Crippen molar-refractivity contribution in [2.45, 2.75) is 31.8 Å². The Morgan fingerprint density at radius 3 is 2.48 bits per heavy atom. The first-order valence-corrected chi connectivity index (χ1v) is 12.0. The number of carbonyl (C=O) groups excluding carboxylic acids is 1. The van der Waals surface area contributed by atoms with Gasteiger partial charge < -0.3 is 31.2 Å². The van der Waals surface area contributed by atoms with Crippen LogP contribution in [-0.4, -0.2) is 51.8 Å². The molecule has 31 heavy (non-hydrogen) atoms. The van der Waals surface area contributed by atoms with Gasteiger partial charge in [0.1, 0.15) is 6.61 Å². The van der Waals surface area contributed by atoms with Crippen molar-refractivity contribution in [2.75, 3.05) is 45.9 Å². The smallest absolute Gasteiger partial charge is 0.252 e.